The lowest BCUT2D eigenvalue weighted by Gasteiger charge is -2.21. The van der Waals surface area contributed by atoms with Gasteiger partial charge in [0.05, 0.1) is 18.8 Å². The van der Waals surface area contributed by atoms with Crippen LogP contribution in [0.25, 0.3) is 10.9 Å². The smallest absolute Gasteiger partial charge is 0.217 e. The highest BCUT2D eigenvalue weighted by Gasteiger charge is 2.29. The van der Waals surface area contributed by atoms with Crippen molar-refractivity contribution in [1.82, 2.24) is 10.3 Å². The topological polar surface area (TPSA) is 71.2 Å². The summed E-state index contributed by atoms with van der Waals surface area (Å²) in [5, 5.41) is 3.85. The van der Waals surface area contributed by atoms with Crippen molar-refractivity contribution >= 4 is 22.6 Å². The Hall–Kier alpha value is -2.30. The number of ketones is 1. The van der Waals surface area contributed by atoms with Crippen LogP contribution < -0.4 is 10.1 Å². The highest BCUT2D eigenvalue weighted by molar-refractivity contribution is 6.04. The number of fused-ring (bicyclic) bond motifs is 1. The van der Waals surface area contributed by atoms with E-state index in [0.29, 0.717) is 5.69 Å². The summed E-state index contributed by atoms with van der Waals surface area (Å²) in [4.78, 5) is 28.0. The Kier molecular flexibility index (Phi) is 5.11. The highest BCUT2D eigenvalue weighted by Crippen LogP contribution is 2.34. The zero-order valence-corrected chi connectivity index (χ0v) is 15.1. The van der Waals surface area contributed by atoms with Crippen LogP contribution >= 0.6 is 0 Å². The van der Waals surface area contributed by atoms with E-state index in [1.165, 1.54) is 13.3 Å². The van der Waals surface area contributed by atoms with Crippen LogP contribution in [0.15, 0.2) is 18.2 Å². The maximum atomic E-state index is 13.2. The van der Waals surface area contributed by atoms with E-state index in [1.807, 2.05) is 25.1 Å². The first-order valence-electron chi connectivity index (χ1n) is 9.02. The van der Waals surface area contributed by atoms with E-state index in [2.05, 4.69) is 10.3 Å². The molecule has 1 aliphatic rings. The zero-order valence-electron chi connectivity index (χ0n) is 15.1. The minimum atomic E-state index is -0.249. The number of H-pyrrole nitrogens is 1. The summed E-state index contributed by atoms with van der Waals surface area (Å²) in [6.07, 6.45) is 5.34. The fourth-order valence-electron chi connectivity index (χ4n) is 3.91. The van der Waals surface area contributed by atoms with Crippen molar-refractivity contribution in [3.8, 4) is 5.75 Å². The van der Waals surface area contributed by atoms with Crippen LogP contribution in [0, 0.1) is 5.92 Å². The van der Waals surface area contributed by atoms with Crippen LogP contribution in [0.1, 0.15) is 68.0 Å². The number of aromatic nitrogens is 1. The summed E-state index contributed by atoms with van der Waals surface area (Å²) in [7, 11) is 1.62. The number of Topliss-reactive ketones (excluding diaryl/α,β-unsaturated/α-hetero) is 1. The predicted octanol–water partition coefficient (Wildman–Crippen LogP) is 4.14. The molecule has 134 valence electrons. The zero-order chi connectivity index (χ0) is 18.0. The number of benzene rings is 1. The van der Waals surface area contributed by atoms with Gasteiger partial charge in [-0.05, 0) is 38.0 Å². The molecule has 25 heavy (non-hydrogen) atoms. The standard InChI is InChI=1S/C20H26N2O3/c1-12(21-13(2)23)18-16-11-15(25-3)9-10-17(16)22-19(18)20(24)14-7-5-4-6-8-14/h9-12,14,22H,4-8H2,1-3H3,(H,21,23). The number of hydrogen-bond acceptors (Lipinski definition) is 3. The van der Waals surface area contributed by atoms with E-state index < -0.39 is 0 Å². The molecule has 0 bridgehead atoms. The van der Waals surface area contributed by atoms with Gasteiger partial charge in [-0.25, -0.2) is 0 Å². The molecule has 2 N–H and O–H groups in total. The number of amides is 1. The molecule has 0 spiro atoms. The maximum Gasteiger partial charge on any atom is 0.217 e. The summed E-state index contributed by atoms with van der Waals surface area (Å²) in [5.74, 6) is 0.870. The maximum absolute atomic E-state index is 13.2. The molecule has 1 fully saturated rings. The van der Waals surface area contributed by atoms with Gasteiger partial charge in [0.15, 0.2) is 5.78 Å². The normalized spacial score (nSPS) is 16.6. The minimum Gasteiger partial charge on any atom is -0.497 e. The molecule has 5 heteroatoms. The molecular formula is C20H26N2O3. The number of carbonyl (C=O) groups is 2. The van der Waals surface area contributed by atoms with Crippen LogP contribution in [0.5, 0.6) is 5.75 Å². The van der Waals surface area contributed by atoms with Gasteiger partial charge in [0.1, 0.15) is 5.75 Å². The molecule has 1 saturated carbocycles. The van der Waals surface area contributed by atoms with Crippen molar-refractivity contribution in [2.75, 3.05) is 7.11 Å². The van der Waals surface area contributed by atoms with Gasteiger partial charge in [-0.2, -0.15) is 0 Å². The third-order valence-electron chi connectivity index (χ3n) is 5.12. The average Bonchev–Trinajstić information content (AvgIpc) is 2.99. The third kappa shape index (κ3) is 3.55. The fraction of sp³-hybridized carbons (Fsp3) is 0.500. The van der Waals surface area contributed by atoms with Crippen molar-refractivity contribution in [2.24, 2.45) is 5.92 Å². The van der Waals surface area contributed by atoms with Gasteiger partial charge in [-0.15, -0.1) is 0 Å². The second kappa shape index (κ2) is 7.30. The molecule has 1 amide bonds. The van der Waals surface area contributed by atoms with E-state index in [0.717, 1.165) is 47.9 Å². The van der Waals surface area contributed by atoms with E-state index in [4.69, 9.17) is 4.74 Å². The largest absolute Gasteiger partial charge is 0.497 e. The summed E-state index contributed by atoms with van der Waals surface area (Å²) < 4.78 is 5.34. The number of methoxy groups -OCH3 is 1. The second-order valence-corrected chi connectivity index (χ2v) is 6.95. The molecule has 1 heterocycles. The van der Waals surface area contributed by atoms with Crippen molar-refractivity contribution in [3.05, 3.63) is 29.5 Å². The fourth-order valence-corrected chi connectivity index (χ4v) is 3.91. The molecule has 1 aromatic heterocycles. The summed E-state index contributed by atoms with van der Waals surface area (Å²) in [5.41, 5.74) is 2.39. The Morgan fingerprint density at radius 1 is 1.24 bits per heavy atom. The first kappa shape index (κ1) is 17.5. The molecule has 1 atom stereocenters. The van der Waals surface area contributed by atoms with E-state index in [1.54, 1.807) is 7.11 Å². The lowest BCUT2D eigenvalue weighted by Crippen LogP contribution is -2.26. The van der Waals surface area contributed by atoms with Crippen LogP contribution in [-0.4, -0.2) is 23.8 Å². The summed E-state index contributed by atoms with van der Waals surface area (Å²) >= 11 is 0. The molecule has 3 rings (SSSR count). The number of aromatic amines is 1. The molecule has 0 saturated heterocycles. The molecule has 1 unspecified atom stereocenters. The van der Waals surface area contributed by atoms with Crippen LogP contribution in [0.4, 0.5) is 0 Å². The molecule has 1 aromatic carbocycles. The Morgan fingerprint density at radius 2 is 1.96 bits per heavy atom. The quantitative estimate of drug-likeness (QED) is 0.802. The van der Waals surface area contributed by atoms with Gasteiger partial charge >= 0.3 is 0 Å². The summed E-state index contributed by atoms with van der Waals surface area (Å²) in [6.45, 7) is 3.41. The van der Waals surface area contributed by atoms with Crippen molar-refractivity contribution in [3.63, 3.8) is 0 Å². The second-order valence-electron chi connectivity index (χ2n) is 6.95. The van der Waals surface area contributed by atoms with Crippen LogP contribution in [0.2, 0.25) is 0 Å². The Bertz CT molecular complexity index is 788. The van der Waals surface area contributed by atoms with Gasteiger partial charge in [-0.3, -0.25) is 9.59 Å². The molecule has 2 aromatic rings. The number of ether oxygens (including phenoxy) is 1. The lowest BCUT2D eigenvalue weighted by atomic mass is 9.84. The number of carbonyl (C=O) groups excluding carboxylic acids is 2. The predicted molar refractivity (Wildman–Crippen MR) is 98.0 cm³/mol. The Balaban J connectivity index is 2.09. The molecule has 0 radical (unpaired) electrons. The SMILES string of the molecule is COc1ccc2[nH]c(C(=O)C3CCCCC3)c(C(C)NC(C)=O)c2c1. The van der Waals surface area contributed by atoms with Gasteiger partial charge in [-0.1, -0.05) is 19.3 Å². The van der Waals surface area contributed by atoms with Gasteiger partial charge in [0, 0.05) is 29.3 Å². The van der Waals surface area contributed by atoms with Crippen LogP contribution in [0.3, 0.4) is 0 Å². The van der Waals surface area contributed by atoms with Crippen LogP contribution in [-0.2, 0) is 4.79 Å². The minimum absolute atomic E-state index is 0.0759. The molecule has 1 aliphatic carbocycles. The molecule has 5 nitrogen and oxygen atoms in total. The highest BCUT2D eigenvalue weighted by atomic mass is 16.5. The van der Waals surface area contributed by atoms with E-state index in [9.17, 15) is 9.59 Å². The van der Waals surface area contributed by atoms with Crippen molar-refractivity contribution in [1.29, 1.82) is 0 Å². The van der Waals surface area contributed by atoms with E-state index in [-0.39, 0.29) is 23.7 Å². The Labute approximate surface area is 148 Å². The van der Waals surface area contributed by atoms with Gasteiger partial charge in [0.2, 0.25) is 5.91 Å². The first-order valence-corrected chi connectivity index (χ1v) is 9.02. The van der Waals surface area contributed by atoms with Gasteiger partial charge in [0.25, 0.3) is 0 Å². The Morgan fingerprint density at radius 3 is 2.60 bits per heavy atom. The number of hydrogen-bond donors (Lipinski definition) is 2. The first-order chi connectivity index (χ1) is 12.0. The number of rotatable bonds is 5. The molecule has 0 aliphatic heterocycles. The van der Waals surface area contributed by atoms with Gasteiger partial charge < -0.3 is 15.0 Å². The monoisotopic (exact) mass is 342 g/mol. The van der Waals surface area contributed by atoms with E-state index >= 15 is 0 Å². The molecular weight excluding hydrogens is 316 g/mol. The number of nitrogens with one attached hydrogen (secondary N) is 2. The van der Waals surface area contributed by atoms with Crippen molar-refractivity contribution < 1.29 is 14.3 Å². The average molecular weight is 342 g/mol. The third-order valence-corrected chi connectivity index (χ3v) is 5.12. The summed E-state index contributed by atoms with van der Waals surface area (Å²) in [6, 6.07) is 5.48. The lowest BCUT2D eigenvalue weighted by molar-refractivity contribution is -0.119. The van der Waals surface area contributed by atoms with Crippen molar-refractivity contribution in [2.45, 2.75) is 52.0 Å².